The van der Waals surface area contributed by atoms with Crippen molar-refractivity contribution in [2.45, 2.75) is 64.8 Å². The van der Waals surface area contributed by atoms with Gasteiger partial charge in [-0.15, -0.1) is 0 Å². The van der Waals surface area contributed by atoms with Gasteiger partial charge in [0.2, 0.25) is 0 Å². The molecule has 19 heavy (non-hydrogen) atoms. The third-order valence-corrected chi connectivity index (χ3v) is 9.41. The first-order chi connectivity index (χ1) is 9.18. The summed E-state index contributed by atoms with van der Waals surface area (Å²) in [5.41, 5.74) is 0. The highest BCUT2D eigenvalue weighted by molar-refractivity contribution is 6.64. The number of hydrogen-bond acceptors (Lipinski definition) is 3. The quantitative estimate of drug-likeness (QED) is 0.631. The molecule has 0 N–H and O–H groups in total. The highest BCUT2D eigenvalue weighted by atomic mass is 28.4. The van der Waals surface area contributed by atoms with E-state index < -0.39 is 8.80 Å². The van der Waals surface area contributed by atoms with E-state index in [1.165, 1.54) is 25.7 Å². The summed E-state index contributed by atoms with van der Waals surface area (Å²) in [7, 11) is -2.57. The monoisotopic (exact) mass is 286 g/mol. The SMILES string of the molecule is CCO[Si](OCC)(OCC)C1(CC)CC2CCC1C2. The zero-order chi connectivity index (χ0) is 13.9. The summed E-state index contributed by atoms with van der Waals surface area (Å²) in [5, 5.41) is 0.192. The molecule has 0 heterocycles. The molecule has 3 atom stereocenters. The Balaban J connectivity index is 2.33. The predicted octanol–water partition coefficient (Wildman–Crippen LogP) is 4.01. The summed E-state index contributed by atoms with van der Waals surface area (Å²) < 4.78 is 18.7. The Hall–Kier alpha value is 0.0969. The number of fused-ring (bicyclic) bond motifs is 2. The maximum atomic E-state index is 6.24. The van der Waals surface area contributed by atoms with E-state index in [0.717, 1.165) is 18.3 Å². The molecule has 2 fully saturated rings. The van der Waals surface area contributed by atoms with E-state index in [4.69, 9.17) is 13.3 Å². The molecule has 112 valence electrons. The Morgan fingerprint density at radius 2 is 1.53 bits per heavy atom. The highest BCUT2D eigenvalue weighted by Gasteiger charge is 2.67. The van der Waals surface area contributed by atoms with Crippen molar-refractivity contribution in [3.8, 4) is 0 Å². The van der Waals surface area contributed by atoms with Crippen molar-refractivity contribution < 1.29 is 13.3 Å². The zero-order valence-corrected chi connectivity index (χ0v) is 14.0. The Labute approximate surface area is 119 Å². The van der Waals surface area contributed by atoms with Crippen LogP contribution in [-0.2, 0) is 13.3 Å². The Morgan fingerprint density at radius 1 is 0.947 bits per heavy atom. The van der Waals surface area contributed by atoms with Crippen LogP contribution in [0.15, 0.2) is 0 Å². The predicted molar refractivity (Wildman–Crippen MR) is 79.1 cm³/mol. The average Bonchev–Trinajstić information content (AvgIpc) is 3.00. The van der Waals surface area contributed by atoms with Crippen LogP contribution in [0.25, 0.3) is 0 Å². The lowest BCUT2D eigenvalue weighted by atomic mass is 9.86. The molecule has 0 aromatic heterocycles. The third kappa shape index (κ3) is 2.41. The van der Waals surface area contributed by atoms with Crippen molar-refractivity contribution >= 4 is 8.80 Å². The lowest BCUT2D eigenvalue weighted by molar-refractivity contribution is 0.0283. The molecule has 3 nitrogen and oxygen atoms in total. The van der Waals surface area contributed by atoms with Crippen molar-refractivity contribution in [2.75, 3.05) is 19.8 Å². The van der Waals surface area contributed by atoms with E-state index >= 15 is 0 Å². The average molecular weight is 286 g/mol. The second-order valence-corrected chi connectivity index (χ2v) is 8.92. The van der Waals surface area contributed by atoms with Gasteiger partial charge in [0.1, 0.15) is 0 Å². The molecule has 0 saturated heterocycles. The lowest BCUT2D eigenvalue weighted by Crippen LogP contribution is -2.58. The minimum absolute atomic E-state index is 0.192. The van der Waals surface area contributed by atoms with Crippen molar-refractivity contribution in [1.82, 2.24) is 0 Å². The molecule has 0 spiro atoms. The van der Waals surface area contributed by atoms with Gasteiger partial charge in [-0.3, -0.25) is 0 Å². The maximum absolute atomic E-state index is 6.24. The Kier molecular flexibility index (Phi) is 5.09. The second-order valence-electron chi connectivity index (χ2n) is 5.95. The van der Waals surface area contributed by atoms with Crippen molar-refractivity contribution in [2.24, 2.45) is 11.8 Å². The van der Waals surface area contributed by atoms with Crippen LogP contribution in [0.5, 0.6) is 0 Å². The van der Waals surface area contributed by atoms with Crippen molar-refractivity contribution in [3.63, 3.8) is 0 Å². The van der Waals surface area contributed by atoms with Crippen LogP contribution in [0.2, 0.25) is 5.04 Å². The van der Waals surface area contributed by atoms with E-state index in [9.17, 15) is 0 Å². The molecule has 0 amide bonds. The number of rotatable bonds is 8. The van der Waals surface area contributed by atoms with Crippen molar-refractivity contribution in [3.05, 3.63) is 0 Å². The van der Waals surface area contributed by atoms with Gasteiger partial charge in [-0.05, 0) is 58.3 Å². The largest absolute Gasteiger partial charge is 0.507 e. The molecule has 2 bridgehead atoms. The van der Waals surface area contributed by atoms with Crippen LogP contribution in [-0.4, -0.2) is 28.6 Å². The molecular weight excluding hydrogens is 256 g/mol. The molecule has 0 aliphatic heterocycles. The normalized spacial score (nSPS) is 34.1. The van der Waals surface area contributed by atoms with Gasteiger partial charge in [0.25, 0.3) is 0 Å². The molecule has 3 unspecified atom stereocenters. The number of hydrogen-bond donors (Lipinski definition) is 0. The minimum atomic E-state index is -2.57. The van der Waals surface area contributed by atoms with Crippen LogP contribution in [0.1, 0.15) is 59.8 Å². The molecule has 2 aliphatic carbocycles. The first-order valence-electron chi connectivity index (χ1n) is 8.09. The Morgan fingerprint density at radius 3 is 1.84 bits per heavy atom. The van der Waals surface area contributed by atoms with Crippen LogP contribution >= 0.6 is 0 Å². The van der Waals surface area contributed by atoms with Gasteiger partial charge in [0.05, 0.1) is 0 Å². The standard InChI is InChI=1S/C15H30O3Si/c1-5-15(12-13-9-10-14(15)11-13)19(16-6-2,17-7-3)18-8-4/h13-14H,5-12H2,1-4H3. The summed E-state index contributed by atoms with van der Waals surface area (Å²) in [6, 6.07) is 0. The summed E-state index contributed by atoms with van der Waals surface area (Å²) in [6.07, 6.45) is 6.53. The van der Waals surface area contributed by atoms with Gasteiger partial charge in [0.15, 0.2) is 0 Å². The fraction of sp³-hybridized carbons (Fsp3) is 1.00. The topological polar surface area (TPSA) is 27.7 Å². The summed E-state index contributed by atoms with van der Waals surface area (Å²) in [6.45, 7) is 10.6. The first-order valence-corrected chi connectivity index (χ1v) is 9.82. The molecular formula is C15H30O3Si. The summed E-state index contributed by atoms with van der Waals surface area (Å²) in [5.74, 6) is 1.65. The van der Waals surface area contributed by atoms with E-state index in [2.05, 4.69) is 27.7 Å². The first kappa shape index (κ1) is 15.5. The highest BCUT2D eigenvalue weighted by Crippen LogP contribution is 2.67. The summed E-state index contributed by atoms with van der Waals surface area (Å²) in [4.78, 5) is 0. The van der Waals surface area contributed by atoms with Gasteiger partial charge in [0, 0.05) is 24.9 Å². The fourth-order valence-electron chi connectivity index (χ4n) is 4.59. The molecule has 2 saturated carbocycles. The van der Waals surface area contributed by atoms with Crippen molar-refractivity contribution in [1.29, 1.82) is 0 Å². The molecule has 0 aromatic carbocycles. The van der Waals surface area contributed by atoms with Crippen LogP contribution in [0, 0.1) is 11.8 Å². The van der Waals surface area contributed by atoms with Gasteiger partial charge >= 0.3 is 8.80 Å². The lowest BCUT2D eigenvalue weighted by Gasteiger charge is -2.47. The molecule has 2 aliphatic rings. The van der Waals surface area contributed by atoms with E-state index in [1.54, 1.807) is 0 Å². The molecule has 4 heteroatoms. The van der Waals surface area contributed by atoms with E-state index in [1.807, 2.05) is 0 Å². The van der Waals surface area contributed by atoms with Crippen LogP contribution in [0.4, 0.5) is 0 Å². The second kappa shape index (κ2) is 6.25. The third-order valence-electron chi connectivity index (χ3n) is 5.22. The van der Waals surface area contributed by atoms with Crippen LogP contribution in [0.3, 0.4) is 0 Å². The van der Waals surface area contributed by atoms with Gasteiger partial charge in [-0.1, -0.05) is 13.3 Å². The molecule has 0 aromatic rings. The van der Waals surface area contributed by atoms with Crippen LogP contribution < -0.4 is 0 Å². The zero-order valence-electron chi connectivity index (χ0n) is 13.0. The molecule has 0 radical (unpaired) electrons. The van der Waals surface area contributed by atoms with Gasteiger partial charge in [-0.2, -0.15) is 0 Å². The minimum Gasteiger partial charge on any atom is -0.373 e. The van der Waals surface area contributed by atoms with Gasteiger partial charge in [-0.25, -0.2) is 0 Å². The smallest absolute Gasteiger partial charge is 0.373 e. The maximum Gasteiger partial charge on any atom is 0.507 e. The molecule has 2 rings (SSSR count). The van der Waals surface area contributed by atoms with E-state index in [-0.39, 0.29) is 5.04 Å². The summed E-state index contributed by atoms with van der Waals surface area (Å²) >= 11 is 0. The Bertz CT molecular complexity index is 280. The van der Waals surface area contributed by atoms with E-state index in [0.29, 0.717) is 19.8 Å². The van der Waals surface area contributed by atoms with Gasteiger partial charge < -0.3 is 13.3 Å². The fourth-order valence-corrected chi connectivity index (χ4v) is 8.58.